The lowest BCUT2D eigenvalue weighted by Crippen LogP contribution is -2.12. The lowest BCUT2D eigenvalue weighted by atomic mass is 10.0. The van der Waals surface area contributed by atoms with Crippen molar-refractivity contribution in [3.05, 3.63) is 188 Å². The van der Waals surface area contributed by atoms with E-state index >= 15 is 0 Å². The van der Waals surface area contributed by atoms with Crippen molar-refractivity contribution in [3.8, 4) is 28.3 Å². The maximum Gasteiger partial charge on any atom is 0.227 e. The first-order chi connectivity index (χ1) is 25.3. The first-order valence-electron chi connectivity index (χ1n) is 17.2. The van der Waals surface area contributed by atoms with E-state index in [0.29, 0.717) is 5.89 Å². The Morgan fingerprint density at radius 3 is 1.90 bits per heavy atom. The molecule has 0 atom stereocenters. The second-order valence-electron chi connectivity index (χ2n) is 12.8. The van der Waals surface area contributed by atoms with Gasteiger partial charge in [0.25, 0.3) is 0 Å². The van der Waals surface area contributed by atoms with Crippen molar-refractivity contribution in [1.82, 2.24) is 9.55 Å². The molecule has 10 rings (SSSR count). The largest absolute Gasteiger partial charge is 0.435 e. The van der Waals surface area contributed by atoms with Crippen LogP contribution >= 0.6 is 0 Å². The van der Waals surface area contributed by atoms with E-state index in [9.17, 15) is 0 Å². The highest BCUT2D eigenvalue weighted by atomic mass is 16.3. The zero-order chi connectivity index (χ0) is 33.7. The maximum atomic E-state index is 6.69. The van der Waals surface area contributed by atoms with Crippen LogP contribution in [0.3, 0.4) is 0 Å². The smallest absolute Gasteiger partial charge is 0.227 e. The number of nitrogens with zero attached hydrogens (tertiary/aromatic N) is 3. The molecule has 0 aliphatic rings. The van der Waals surface area contributed by atoms with Crippen LogP contribution in [0.25, 0.3) is 71.9 Å². The predicted molar refractivity (Wildman–Crippen MR) is 211 cm³/mol. The van der Waals surface area contributed by atoms with E-state index in [-0.39, 0.29) is 0 Å². The second-order valence-corrected chi connectivity index (χ2v) is 12.8. The summed E-state index contributed by atoms with van der Waals surface area (Å²) in [6, 6.07) is 66.2. The number of para-hydroxylation sites is 3. The molecule has 0 saturated heterocycles. The maximum absolute atomic E-state index is 6.69. The number of rotatable bonds is 6. The first kappa shape index (κ1) is 29.0. The lowest BCUT2D eigenvalue weighted by Gasteiger charge is -2.28. The lowest BCUT2D eigenvalue weighted by molar-refractivity contribution is 0.623. The molecule has 4 heteroatoms. The number of benzene rings is 8. The summed E-state index contributed by atoms with van der Waals surface area (Å²) in [5.74, 6) is 0.596. The van der Waals surface area contributed by atoms with Gasteiger partial charge < -0.3 is 13.9 Å². The SMILES string of the molecule is c1ccc(-c2nc3c(N(c4ccc5c6ccccc6n(-c6ccccc6)c5c4)c4ccccc4-c4ccccc4)cc4ccccc4c3o2)cc1. The molecule has 51 heavy (non-hydrogen) atoms. The zero-order valence-corrected chi connectivity index (χ0v) is 27.6. The van der Waals surface area contributed by atoms with Gasteiger partial charge in [-0.05, 0) is 65.5 Å². The van der Waals surface area contributed by atoms with Gasteiger partial charge >= 0.3 is 0 Å². The summed E-state index contributed by atoms with van der Waals surface area (Å²) in [7, 11) is 0. The molecular formula is C47H31N3O. The van der Waals surface area contributed by atoms with Crippen LogP contribution in [0, 0.1) is 0 Å². The average molecular weight is 654 g/mol. The highest BCUT2D eigenvalue weighted by Crippen LogP contribution is 2.47. The molecule has 0 radical (unpaired) electrons. The van der Waals surface area contributed by atoms with E-state index in [2.05, 4.69) is 167 Å². The van der Waals surface area contributed by atoms with Gasteiger partial charge in [-0.3, -0.25) is 0 Å². The minimum absolute atomic E-state index is 0.596. The van der Waals surface area contributed by atoms with Crippen molar-refractivity contribution >= 4 is 60.7 Å². The van der Waals surface area contributed by atoms with Gasteiger partial charge in [0, 0.05) is 38.7 Å². The van der Waals surface area contributed by atoms with Crippen molar-refractivity contribution in [3.63, 3.8) is 0 Å². The van der Waals surface area contributed by atoms with Gasteiger partial charge in [-0.25, -0.2) is 4.98 Å². The molecule has 2 heterocycles. The van der Waals surface area contributed by atoms with Gasteiger partial charge in [-0.15, -0.1) is 0 Å². The van der Waals surface area contributed by atoms with Crippen LogP contribution in [0.15, 0.2) is 192 Å². The monoisotopic (exact) mass is 653 g/mol. The molecule has 0 bridgehead atoms. The van der Waals surface area contributed by atoms with Crippen molar-refractivity contribution in [2.75, 3.05) is 4.90 Å². The third-order valence-corrected chi connectivity index (χ3v) is 9.79. The van der Waals surface area contributed by atoms with E-state index in [4.69, 9.17) is 9.40 Å². The van der Waals surface area contributed by atoms with Crippen LogP contribution in [0.5, 0.6) is 0 Å². The van der Waals surface area contributed by atoms with Crippen LogP contribution in [-0.4, -0.2) is 9.55 Å². The van der Waals surface area contributed by atoms with Crippen LogP contribution in [0.2, 0.25) is 0 Å². The van der Waals surface area contributed by atoms with E-state index in [0.717, 1.165) is 66.8 Å². The van der Waals surface area contributed by atoms with Crippen molar-refractivity contribution in [2.24, 2.45) is 0 Å². The quantitative estimate of drug-likeness (QED) is 0.179. The van der Waals surface area contributed by atoms with Crippen LogP contribution in [-0.2, 0) is 0 Å². The topological polar surface area (TPSA) is 34.2 Å². The van der Waals surface area contributed by atoms with E-state index in [1.54, 1.807) is 0 Å². The number of oxazole rings is 1. The van der Waals surface area contributed by atoms with Gasteiger partial charge in [-0.2, -0.15) is 0 Å². The number of anilines is 3. The summed E-state index contributed by atoms with van der Waals surface area (Å²) >= 11 is 0. The summed E-state index contributed by atoms with van der Waals surface area (Å²) in [5.41, 5.74) is 11.2. The van der Waals surface area contributed by atoms with Gasteiger partial charge in [0.15, 0.2) is 5.58 Å². The number of hydrogen-bond donors (Lipinski definition) is 0. The fourth-order valence-corrected chi connectivity index (χ4v) is 7.49. The Hall–Kier alpha value is -6.91. The molecule has 0 aliphatic heterocycles. The summed E-state index contributed by atoms with van der Waals surface area (Å²) in [5, 5.41) is 4.53. The fraction of sp³-hybridized carbons (Fsp3) is 0. The van der Waals surface area contributed by atoms with E-state index < -0.39 is 0 Å². The normalized spacial score (nSPS) is 11.5. The molecule has 0 amide bonds. The van der Waals surface area contributed by atoms with Gasteiger partial charge in [0.1, 0.15) is 5.52 Å². The summed E-state index contributed by atoms with van der Waals surface area (Å²) in [6.07, 6.45) is 0. The number of hydrogen-bond acceptors (Lipinski definition) is 3. The zero-order valence-electron chi connectivity index (χ0n) is 27.6. The first-order valence-corrected chi connectivity index (χ1v) is 17.2. The molecule has 240 valence electrons. The summed E-state index contributed by atoms with van der Waals surface area (Å²) in [4.78, 5) is 7.62. The van der Waals surface area contributed by atoms with Gasteiger partial charge in [-0.1, -0.05) is 133 Å². The highest BCUT2D eigenvalue weighted by molar-refractivity contribution is 6.13. The molecule has 10 aromatic rings. The Kier molecular flexibility index (Phi) is 6.78. The van der Waals surface area contributed by atoms with Crippen molar-refractivity contribution in [1.29, 1.82) is 0 Å². The minimum Gasteiger partial charge on any atom is -0.435 e. The molecule has 0 unspecified atom stereocenters. The average Bonchev–Trinajstić information content (AvgIpc) is 3.80. The Morgan fingerprint density at radius 1 is 0.471 bits per heavy atom. The van der Waals surface area contributed by atoms with Crippen molar-refractivity contribution < 1.29 is 4.42 Å². The molecule has 0 aliphatic carbocycles. The van der Waals surface area contributed by atoms with Crippen LogP contribution in [0.1, 0.15) is 0 Å². The van der Waals surface area contributed by atoms with Gasteiger partial charge in [0.05, 0.1) is 22.4 Å². The molecule has 4 nitrogen and oxygen atoms in total. The molecule has 0 saturated carbocycles. The minimum atomic E-state index is 0.596. The third kappa shape index (κ3) is 4.80. The Bertz CT molecular complexity index is 2850. The Labute approximate surface area is 295 Å². The standard InChI is InChI=1S/C47H31N3O/c1-4-16-32(17-5-1)37-23-12-14-26-41(37)50(36-28-29-40-39-25-13-15-27-42(39)49(43(40)31-36)35-21-8-3-9-22-35)44-30-34-20-10-11-24-38(34)46-45(44)48-47(51-46)33-18-6-2-7-19-33/h1-31H. The third-order valence-electron chi connectivity index (χ3n) is 9.79. The van der Waals surface area contributed by atoms with Crippen molar-refractivity contribution in [2.45, 2.75) is 0 Å². The molecule has 0 spiro atoms. The Morgan fingerprint density at radius 2 is 1.10 bits per heavy atom. The van der Waals surface area contributed by atoms with Gasteiger partial charge in [0.2, 0.25) is 5.89 Å². The van der Waals surface area contributed by atoms with Crippen LogP contribution in [0.4, 0.5) is 17.1 Å². The number of fused-ring (bicyclic) bond motifs is 6. The second kappa shape index (κ2) is 11.9. The molecule has 8 aromatic carbocycles. The number of aromatic nitrogens is 2. The van der Waals surface area contributed by atoms with E-state index in [1.165, 1.54) is 16.3 Å². The molecule has 0 fully saturated rings. The summed E-state index contributed by atoms with van der Waals surface area (Å²) in [6.45, 7) is 0. The summed E-state index contributed by atoms with van der Waals surface area (Å²) < 4.78 is 9.06. The molecule has 0 N–H and O–H groups in total. The highest BCUT2D eigenvalue weighted by Gasteiger charge is 2.25. The molecule has 2 aromatic heterocycles. The molecular weight excluding hydrogens is 623 g/mol. The van der Waals surface area contributed by atoms with E-state index in [1.807, 2.05) is 30.3 Å². The van der Waals surface area contributed by atoms with Crippen LogP contribution < -0.4 is 4.90 Å². The Balaban J connectivity index is 1.31. The predicted octanol–water partition coefficient (Wildman–Crippen LogP) is 12.9. The fourth-order valence-electron chi connectivity index (χ4n) is 7.49.